The van der Waals surface area contributed by atoms with Gasteiger partial charge in [-0.25, -0.2) is 9.59 Å². The molecule has 0 aliphatic heterocycles. The first kappa shape index (κ1) is 22.4. The molecular weight excluding hydrogens is 388 g/mol. The van der Waals surface area contributed by atoms with Gasteiger partial charge in [0.2, 0.25) is 6.10 Å². The Morgan fingerprint density at radius 3 is 2.13 bits per heavy atom. The number of imide groups is 1. The van der Waals surface area contributed by atoms with Crippen molar-refractivity contribution < 1.29 is 23.9 Å². The summed E-state index contributed by atoms with van der Waals surface area (Å²) in [6.07, 6.45) is -1.44. The van der Waals surface area contributed by atoms with Crippen LogP contribution in [-0.2, 0) is 14.3 Å². The van der Waals surface area contributed by atoms with Crippen molar-refractivity contribution in [2.24, 2.45) is 0 Å². The molecule has 4 N–H and O–H groups in total. The van der Waals surface area contributed by atoms with Crippen LogP contribution in [0.15, 0.2) is 60.7 Å². The van der Waals surface area contributed by atoms with E-state index < -0.39 is 30.0 Å². The minimum Gasteiger partial charge on any atom is -0.447 e. The van der Waals surface area contributed by atoms with E-state index in [1.807, 2.05) is 6.07 Å². The Balaban J connectivity index is 1.88. The predicted octanol–water partition coefficient (Wildman–Crippen LogP) is 2.33. The SMILES string of the molecule is CCNC(=O)NC(=O)[C@H](OC(=O)CCNC(=O)Nc1ccccc1)c1ccccc1. The van der Waals surface area contributed by atoms with Gasteiger partial charge in [-0.2, -0.15) is 0 Å². The Morgan fingerprint density at radius 1 is 0.867 bits per heavy atom. The number of benzene rings is 2. The number of urea groups is 2. The Morgan fingerprint density at radius 2 is 1.50 bits per heavy atom. The van der Waals surface area contributed by atoms with Gasteiger partial charge >= 0.3 is 18.0 Å². The number of nitrogens with one attached hydrogen (secondary N) is 4. The fourth-order valence-electron chi connectivity index (χ4n) is 2.45. The molecule has 5 amide bonds. The van der Waals surface area contributed by atoms with Crippen molar-refractivity contribution in [3.05, 3.63) is 66.2 Å². The molecule has 0 bridgehead atoms. The Bertz CT molecular complexity index is 858. The van der Waals surface area contributed by atoms with E-state index in [1.54, 1.807) is 61.5 Å². The fourth-order valence-corrected chi connectivity index (χ4v) is 2.45. The van der Waals surface area contributed by atoms with E-state index in [9.17, 15) is 19.2 Å². The number of anilines is 1. The molecule has 0 radical (unpaired) electrons. The minimum absolute atomic E-state index is 0.0109. The van der Waals surface area contributed by atoms with Crippen LogP contribution >= 0.6 is 0 Å². The summed E-state index contributed by atoms with van der Waals surface area (Å²) in [7, 11) is 0. The van der Waals surface area contributed by atoms with Crippen LogP contribution in [0.1, 0.15) is 25.0 Å². The maximum Gasteiger partial charge on any atom is 0.321 e. The van der Waals surface area contributed by atoms with Crippen LogP contribution in [0, 0.1) is 0 Å². The number of ether oxygens (including phenoxy) is 1. The number of hydrogen-bond acceptors (Lipinski definition) is 5. The second-order valence-electron chi connectivity index (χ2n) is 6.13. The fraction of sp³-hybridized carbons (Fsp3) is 0.238. The van der Waals surface area contributed by atoms with Gasteiger partial charge in [-0.15, -0.1) is 0 Å². The van der Waals surface area contributed by atoms with Gasteiger partial charge in [-0.1, -0.05) is 48.5 Å². The van der Waals surface area contributed by atoms with Gasteiger partial charge in [0.15, 0.2) is 0 Å². The van der Waals surface area contributed by atoms with Crippen molar-refractivity contribution in [3.8, 4) is 0 Å². The van der Waals surface area contributed by atoms with Crippen molar-refractivity contribution in [3.63, 3.8) is 0 Å². The monoisotopic (exact) mass is 412 g/mol. The van der Waals surface area contributed by atoms with Gasteiger partial charge in [-0.05, 0) is 19.1 Å². The lowest BCUT2D eigenvalue weighted by molar-refractivity contribution is -0.156. The van der Waals surface area contributed by atoms with Crippen molar-refractivity contribution in [2.75, 3.05) is 18.4 Å². The number of para-hydroxylation sites is 1. The van der Waals surface area contributed by atoms with Crippen LogP contribution < -0.4 is 21.3 Å². The van der Waals surface area contributed by atoms with Crippen molar-refractivity contribution in [1.29, 1.82) is 0 Å². The predicted molar refractivity (Wildman–Crippen MR) is 111 cm³/mol. The minimum atomic E-state index is -1.29. The first-order valence-electron chi connectivity index (χ1n) is 9.42. The first-order chi connectivity index (χ1) is 14.5. The molecule has 0 fully saturated rings. The molecule has 0 spiro atoms. The van der Waals surface area contributed by atoms with E-state index in [0.29, 0.717) is 17.8 Å². The van der Waals surface area contributed by atoms with Crippen molar-refractivity contribution in [1.82, 2.24) is 16.0 Å². The smallest absolute Gasteiger partial charge is 0.321 e. The summed E-state index contributed by atoms with van der Waals surface area (Å²) in [5, 5.41) is 9.74. The van der Waals surface area contributed by atoms with Crippen molar-refractivity contribution >= 4 is 29.6 Å². The number of amides is 5. The van der Waals surface area contributed by atoms with Crippen LogP contribution in [0.3, 0.4) is 0 Å². The zero-order valence-corrected chi connectivity index (χ0v) is 16.5. The molecule has 2 aromatic carbocycles. The summed E-state index contributed by atoms with van der Waals surface area (Å²) in [4.78, 5) is 48.1. The lowest BCUT2D eigenvalue weighted by Crippen LogP contribution is -2.42. The molecule has 0 aromatic heterocycles. The van der Waals surface area contributed by atoms with E-state index in [4.69, 9.17) is 4.74 Å². The number of carbonyl (C=O) groups excluding carboxylic acids is 4. The zero-order valence-electron chi connectivity index (χ0n) is 16.5. The highest BCUT2D eigenvalue weighted by molar-refractivity contribution is 5.97. The number of hydrogen-bond donors (Lipinski definition) is 4. The first-order valence-corrected chi connectivity index (χ1v) is 9.42. The third-order valence-electron chi connectivity index (χ3n) is 3.81. The highest BCUT2D eigenvalue weighted by Gasteiger charge is 2.26. The van der Waals surface area contributed by atoms with Gasteiger partial charge in [0.1, 0.15) is 0 Å². The molecule has 1 atom stereocenters. The van der Waals surface area contributed by atoms with Crippen LogP contribution in [0.4, 0.5) is 15.3 Å². The van der Waals surface area contributed by atoms with E-state index in [-0.39, 0.29) is 13.0 Å². The maximum absolute atomic E-state index is 12.4. The molecule has 2 aromatic rings. The molecule has 9 heteroatoms. The molecule has 30 heavy (non-hydrogen) atoms. The second kappa shape index (κ2) is 11.8. The van der Waals surface area contributed by atoms with Gasteiger partial charge in [0.25, 0.3) is 5.91 Å². The lowest BCUT2D eigenvalue weighted by atomic mass is 10.1. The number of rotatable bonds is 8. The van der Waals surface area contributed by atoms with E-state index in [2.05, 4.69) is 21.3 Å². The van der Waals surface area contributed by atoms with Crippen molar-refractivity contribution in [2.45, 2.75) is 19.4 Å². The largest absolute Gasteiger partial charge is 0.447 e. The molecule has 0 aliphatic carbocycles. The summed E-state index contributed by atoms with van der Waals surface area (Å²) in [6, 6.07) is 16.0. The average molecular weight is 412 g/mol. The highest BCUT2D eigenvalue weighted by Crippen LogP contribution is 2.18. The molecule has 0 heterocycles. The van der Waals surface area contributed by atoms with Gasteiger partial charge in [0.05, 0.1) is 6.42 Å². The normalized spacial score (nSPS) is 11.0. The zero-order chi connectivity index (χ0) is 21.8. The van der Waals surface area contributed by atoms with E-state index >= 15 is 0 Å². The topological polar surface area (TPSA) is 126 Å². The van der Waals surface area contributed by atoms with Gasteiger partial charge in [-0.3, -0.25) is 14.9 Å². The summed E-state index contributed by atoms with van der Waals surface area (Å²) >= 11 is 0. The van der Waals surface area contributed by atoms with Crippen LogP contribution in [0.2, 0.25) is 0 Å². The van der Waals surface area contributed by atoms with E-state index in [0.717, 1.165) is 0 Å². The summed E-state index contributed by atoms with van der Waals surface area (Å²) in [5.41, 5.74) is 1.03. The number of esters is 1. The van der Waals surface area contributed by atoms with Crippen LogP contribution in [-0.4, -0.2) is 37.0 Å². The Kier molecular flexibility index (Phi) is 8.85. The molecule has 0 unspecified atom stereocenters. The van der Waals surface area contributed by atoms with Gasteiger partial charge in [0, 0.05) is 24.3 Å². The molecule has 0 saturated carbocycles. The standard InChI is InChI=1S/C21H24N4O5/c1-2-22-20(28)25-19(27)18(15-9-5-3-6-10-15)30-17(26)13-14-23-21(29)24-16-11-7-4-8-12-16/h3-12,18H,2,13-14H2,1H3,(H2,23,24,29)(H2,22,25,27,28)/t18-/m1/s1. The van der Waals surface area contributed by atoms with Gasteiger partial charge < -0.3 is 20.7 Å². The number of carbonyl (C=O) groups is 4. The summed E-state index contributed by atoms with van der Waals surface area (Å²) in [5.74, 6) is -1.47. The quantitative estimate of drug-likeness (QED) is 0.495. The van der Waals surface area contributed by atoms with E-state index in [1.165, 1.54) is 0 Å². The molecule has 0 saturated heterocycles. The summed E-state index contributed by atoms with van der Waals surface area (Å²) in [6.45, 7) is 2.06. The Hall–Kier alpha value is -3.88. The average Bonchev–Trinajstić information content (AvgIpc) is 2.73. The molecule has 2 rings (SSSR count). The van der Waals surface area contributed by atoms with Crippen LogP contribution in [0.25, 0.3) is 0 Å². The van der Waals surface area contributed by atoms with Crippen LogP contribution in [0.5, 0.6) is 0 Å². The molecule has 9 nitrogen and oxygen atoms in total. The molecular formula is C21H24N4O5. The maximum atomic E-state index is 12.4. The summed E-state index contributed by atoms with van der Waals surface area (Å²) < 4.78 is 5.27. The lowest BCUT2D eigenvalue weighted by Gasteiger charge is -2.18. The Labute approximate surface area is 174 Å². The third kappa shape index (κ3) is 7.63. The molecule has 0 aliphatic rings. The third-order valence-corrected chi connectivity index (χ3v) is 3.81. The highest BCUT2D eigenvalue weighted by atomic mass is 16.5. The molecule has 158 valence electrons. The second-order valence-corrected chi connectivity index (χ2v) is 6.13.